The van der Waals surface area contributed by atoms with E-state index in [-0.39, 0.29) is 58.8 Å². The van der Waals surface area contributed by atoms with Gasteiger partial charge in [0.25, 0.3) is 22.8 Å². The molecule has 2 aromatic carbocycles. The number of fused-ring (bicyclic) bond motifs is 4. The molecule has 18 nitrogen and oxygen atoms in total. The number of anilines is 2. The third-order valence-electron chi connectivity index (χ3n) is 11.2. The first-order valence-electron chi connectivity index (χ1n) is 21.2. The normalized spacial score (nSPS) is 12.5. The van der Waals surface area contributed by atoms with Crippen LogP contribution in [0, 0.1) is 24.8 Å². The van der Waals surface area contributed by atoms with Crippen LogP contribution in [0.5, 0.6) is 11.5 Å². The van der Waals surface area contributed by atoms with E-state index >= 15 is 4.39 Å². The van der Waals surface area contributed by atoms with Gasteiger partial charge in [-0.1, -0.05) is 23.1 Å². The average molecular weight is 919 g/mol. The molecule has 0 fully saturated rings. The maximum Gasteiger partial charge on any atom is 0.417 e. The number of rotatable bonds is 8. The predicted molar refractivity (Wildman–Crippen MR) is 246 cm³/mol. The molecule has 342 valence electrons. The Hall–Kier alpha value is -8.91. The van der Waals surface area contributed by atoms with Gasteiger partial charge in [0.1, 0.15) is 28.7 Å². The molecular weight excluding hydrogens is 879 g/mol. The molecular formula is C48H40F2N12O6. The highest BCUT2D eigenvalue weighted by Gasteiger charge is 2.32. The number of aromatic nitrogens is 8. The van der Waals surface area contributed by atoms with E-state index in [1.54, 1.807) is 87.2 Å². The van der Waals surface area contributed by atoms with Gasteiger partial charge in [-0.2, -0.15) is 0 Å². The molecule has 2 aliphatic rings. The summed E-state index contributed by atoms with van der Waals surface area (Å²) in [5, 5.41) is 3.15. The number of amides is 1. The number of aryl methyl sites for hydroxylation is 1. The topological polar surface area (TPSA) is 184 Å². The standard InChI is InChI=1S/C26H23FN6O4.C22H17FN6O2/c1-26(2,3)37-25(35)33(13-18-15-9-11-36-20(15)8-7-19(18)27)24-30-12-17(16-6-5-10-29-23(16)34)22-31-21(28-4)14-32(22)24;1-24-19-12-29-20(27-19)16(14-4-3-8-28(2)21(14)30)11-26-22(29)25-10-15-13-7-9-31-18(13)6-5-17(15)23/h5-8,10,12,14H,9,11,13H2,1-3H3,(H,29,34);3-6,8,11-12H,7,9-10H2,2H3,(H,25,26). The number of imidazole rings is 2. The SMILES string of the molecule is [C-]#[N+]c1cn2c(N(Cc3c(F)ccc4c3CCO4)C(=O)OC(C)(C)C)ncc(-c3ccc[nH]c3=O)c2n1.[C-]#[N+]c1cn2c(NCc3c(F)ccc4c3CCO4)ncc(-c3cccn(C)c3=O)c2n1. The first kappa shape index (κ1) is 44.3. The van der Waals surface area contributed by atoms with Crippen LogP contribution < -0.4 is 30.8 Å². The van der Waals surface area contributed by atoms with Gasteiger partial charge in [-0.05, 0) is 69.3 Å². The molecule has 6 aromatic heterocycles. The molecule has 1 amide bonds. The number of benzene rings is 2. The van der Waals surface area contributed by atoms with Crippen molar-refractivity contribution in [2.24, 2.45) is 7.05 Å². The van der Waals surface area contributed by atoms with Crippen LogP contribution in [0.2, 0.25) is 0 Å². The minimum absolute atomic E-state index is 0.0344. The Kier molecular flexibility index (Phi) is 11.6. The van der Waals surface area contributed by atoms with Gasteiger partial charge >= 0.3 is 6.09 Å². The zero-order valence-corrected chi connectivity index (χ0v) is 37.0. The molecule has 8 aromatic rings. The Balaban J connectivity index is 0.000000172. The molecule has 0 saturated carbocycles. The largest absolute Gasteiger partial charge is 0.493 e. The Labute approximate surface area is 385 Å². The third-order valence-corrected chi connectivity index (χ3v) is 11.2. The molecule has 2 aliphatic heterocycles. The summed E-state index contributed by atoms with van der Waals surface area (Å²) >= 11 is 0. The van der Waals surface area contributed by atoms with Crippen molar-refractivity contribution in [1.82, 2.24) is 38.3 Å². The van der Waals surface area contributed by atoms with Gasteiger partial charge in [-0.25, -0.2) is 28.4 Å². The van der Waals surface area contributed by atoms with Gasteiger partial charge in [0.15, 0.2) is 0 Å². The minimum Gasteiger partial charge on any atom is -0.493 e. The lowest BCUT2D eigenvalue weighted by molar-refractivity contribution is 0.0574. The lowest BCUT2D eigenvalue weighted by Gasteiger charge is -2.27. The minimum atomic E-state index is -0.845. The highest BCUT2D eigenvalue weighted by atomic mass is 19.1. The van der Waals surface area contributed by atoms with E-state index in [9.17, 15) is 18.8 Å². The van der Waals surface area contributed by atoms with E-state index in [4.69, 9.17) is 27.4 Å². The highest BCUT2D eigenvalue weighted by molar-refractivity contribution is 5.88. The van der Waals surface area contributed by atoms with Crippen LogP contribution in [0.3, 0.4) is 0 Å². The van der Waals surface area contributed by atoms with Gasteiger partial charge in [-0.3, -0.25) is 18.4 Å². The number of carbonyl (C=O) groups is 1. The number of hydrogen-bond donors (Lipinski definition) is 2. The summed E-state index contributed by atoms with van der Waals surface area (Å²) in [6.45, 7) is 20.9. The quantitative estimate of drug-likeness (QED) is 0.141. The van der Waals surface area contributed by atoms with E-state index in [2.05, 4.69) is 39.9 Å². The highest BCUT2D eigenvalue weighted by Crippen LogP contribution is 2.35. The number of nitrogens with one attached hydrogen (secondary N) is 2. The second-order valence-electron chi connectivity index (χ2n) is 16.6. The maximum atomic E-state index is 15.1. The monoisotopic (exact) mass is 918 g/mol. The number of nitrogens with zero attached hydrogens (tertiary/aromatic N) is 10. The van der Waals surface area contributed by atoms with Crippen molar-refractivity contribution in [3.05, 3.63) is 163 Å². The Morgan fingerprint density at radius 1 is 0.838 bits per heavy atom. The summed E-state index contributed by atoms with van der Waals surface area (Å²) in [5.74, 6) is 1.11. The Morgan fingerprint density at radius 3 is 2.10 bits per heavy atom. The van der Waals surface area contributed by atoms with E-state index in [1.807, 2.05) is 0 Å². The van der Waals surface area contributed by atoms with Crippen molar-refractivity contribution in [1.29, 1.82) is 0 Å². The number of halogens is 2. The van der Waals surface area contributed by atoms with Gasteiger partial charge in [-0.15, -0.1) is 0 Å². The molecule has 0 atom stereocenters. The predicted octanol–water partition coefficient (Wildman–Crippen LogP) is 7.98. The fourth-order valence-corrected chi connectivity index (χ4v) is 8.02. The zero-order valence-electron chi connectivity index (χ0n) is 37.0. The Bertz CT molecular complexity index is 3520. The van der Waals surface area contributed by atoms with Crippen molar-refractivity contribution in [3.8, 4) is 33.8 Å². The molecule has 0 bridgehead atoms. The number of carbonyl (C=O) groups excluding carboxylic acids is 1. The van der Waals surface area contributed by atoms with Gasteiger partial charge in [0, 0.05) is 85.9 Å². The van der Waals surface area contributed by atoms with Crippen molar-refractivity contribution < 1.29 is 27.8 Å². The Morgan fingerprint density at radius 2 is 1.44 bits per heavy atom. The van der Waals surface area contributed by atoms with Crippen LogP contribution in [0.4, 0.5) is 37.1 Å². The summed E-state index contributed by atoms with van der Waals surface area (Å²) in [4.78, 5) is 66.8. The number of ether oxygens (including phenoxy) is 3. The molecule has 68 heavy (non-hydrogen) atoms. The van der Waals surface area contributed by atoms with E-state index in [0.29, 0.717) is 82.5 Å². The summed E-state index contributed by atoms with van der Waals surface area (Å²) in [6.07, 6.45) is 9.46. The zero-order chi connectivity index (χ0) is 47.9. The second-order valence-corrected chi connectivity index (χ2v) is 16.6. The van der Waals surface area contributed by atoms with E-state index in [1.165, 1.54) is 44.6 Å². The van der Waals surface area contributed by atoms with Crippen molar-refractivity contribution >= 4 is 40.9 Å². The van der Waals surface area contributed by atoms with E-state index in [0.717, 1.165) is 5.56 Å². The number of H-pyrrole nitrogens is 1. The average Bonchev–Trinajstić information content (AvgIpc) is 4.16. The first-order chi connectivity index (χ1) is 32.7. The first-order valence-corrected chi connectivity index (χ1v) is 21.2. The van der Waals surface area contributed by atoms with Crippen LogP contribution >= 0.6 is 0 Å². The molecule has 0 spiro atoms. The lowest BCUT2D eigenvalue weighted by atomic mass is 10.0. The van der Waals surface area contributed by atoms with Crippen LogP contribution in [-0.2, 0) is 37.7 Å². The van der Waals surface area contributed by atoms with E-state index < -0.39 is 17.5 Å². The molecule has 0 unspecified atom stereocenters. The molecule has 10 rings (SSSR count). The van der Waals surface area contributed by atoms with Crippen LogP contribution in [0.25, 0.3) is 43.2 Å². The smallest absolute Gasteiger partial charge is 0.417 e. The third kappa shape index (κ3) is 8.42. The summed E-state index contributed by atoms with van der Waals surface area (Å²) in [6, 6.07) is 12.6. The van der Waals surface area contributed by atoms with Crippen LogP contribution in [-0.4, -0.2) is 63.2 Å². The van der Waals surface area contributed by atoms with Crippen LogP contribution in [0.1, 0.15) is 43.0 Å². The van der Waals surface area contributed by atoms with Crippen molar-refractivity contribution in [3.63, 3.8) is 0 Å². The summed E-state index contributed by atoms with van der Waals surface area (Å²) in [5.41, 5.74) is 3.19. The van der Waals surface area contributed by atoms with Gasteiger partial charge < -0.3 is 38.8 Å². The fraction of sp³-hybridized carbons (Fsp3) is 0.229. The van der Waals surface area contributed by atoms with Gasteiger partial charge in [0.2, 0.25) is 23.2 Å². The molecule has 20 heteroatoms. The number of hydrogen-bond acceptors (Lipinski definition) is 11. The molecule has 8 heterocycles. The molecule has 0 aliphatic carbocycles. The number of aromatic amines is 1. The number of pyridine rings is 2. The molecule has 0 saturated heterocycles. The lowest BCUT2D eigenvalue weighted by Crippen LogP contribution is -2.38. The second kappa shape index (κ2) is 17.8. The molecule has 2 N–H and O–H groups in total. The van der Waals surface area contributed by atoms with Crippen LogP contribution in [0.15, 0.2) is 95.3 Å². The fourth-order valence-electron chi connectivity index (χ4n) is 8.02. The van der Waals surface area contributed by atoms with Gasteiger partial charge in [0.05, 0.1) is 42.0 Å². The maximum absolute atomic E-state index is 15.1. The summed E-state index contributed by atoms with van der Waals surface area (Å²) < 4.78 is 50.8. The van der Waals surface area contributed by atoms with Crippen molar-refractivity contribution in [2.75, 3.05) is 23.4 Å². The molecule has 0 radical (unpaired) electrons. The van der Waals surface area contributed by atoms with Crippen molar-refractivity contribution in [2.45, 2.75) is 52.3 Å². The summed E-state index contributed by atoms with van der Waals surface area (Å²) in [7, 11) is 1.67.